The highest BCUT2D eigenvalue weighted by molar-refractivity contribution is 6.42. The van der Waals surface area contributed by atoms with E-state index in [1.165, 1.54) is 22.9 Å². The maximum absolute atomic E-state index is 13.3. The van der Waals surface area contributed by atoms with E-state index in [1.54, 1.807) is 31.2 Å². The van der Waals surface area contributed by atoms with Gasteiger partial charge in [0.25, 0.3) is 0 Å². The van der Waals surface area contributed by atoms with Gasteiger partial charge in [-0.3, -0.25) is 9.59 Å². The molecule has 4 rings (SSSR count). The lowest BCUT2D eigenvalue weighted by molar-refractivity contribution is -0.125. The number of carbonyl (C=O) groups is 2. The molecule has 2 heterocycles. The van der Waals surface area contributed by atoms with E-state index in [0.29, 0.717) is 38.4 Å². The number of nitrogens with one attached hydrogen (secondary N) is 2. The first-order valence-corrected chi connectivity index (χ1v) is 9.50. The lowest BCUT2D eigenvalue weighted by Crippen LogP contribution is -2.35. The Kier molecular flexibility index (Phi) is 5.02. The zero-order valence-electron chi connectivity index (χ0n) is 15.2. The molecule has 1 aromatic heterocycles. The van der Waals surface area contributed by atoms with Crippen molar-refractivity contribution >= 4 is 46.5 Å². The quantitative estimate of drug-likeness (QED) is 0.622. The predicted octanol–water partition coefficient (Wildman–Crippen LogP) is 4.83. The van der Waals surface area contributed by atoms with Crippen LogP contribution in [-0.4, -0.2) is 21.6 Å². The zero-order chi connectivity index (χ0) is 20.7. The number of rotatable bonds is 3. The third-order valence-corrected chi connectivity index (χ3v) is 5.43. The molecule has 0 radical (unpaired) electrons. The Hall–Kier alpha value is -2.90. The highest BCUT2D eigenvalue weighted by atomic mass is 35.5. The number of anilines is 2. The summed E-state index contributed by atoms with van der Waals surface area (Å²) in [6.45, 7) is 1.79. The second-order valence-corrected chi connectivity index (χ2v) is 7.47. The molecule has 29 heavy (non-hydrogen) atoms. The van der Waals surface area contributed by atoms with Gasteiger partial charge in [-0.25, -0.2) is 9.07 Å². The van der Waals surface area contributed by atoms with Gasteiger partial charge in [0.15, 0.2) is 0 Å². The number of hydrogen-bond acceptors (Lipinski definition) is 3. The molecule has 148 valence electrons. The average molecular weight is 433 g/mol. The summed E-state index contributed by atoms with van der Waals surface area (Å²) in [6, 6.07) is 9.75. The van der Waals surface area contributed by atoms with Crippen LogP contribution in [-0.2, 0) is 9.59 Å². The topological polar surface area (TPSA) is 76.0 Å². The molecule has 0 aliphatic carbocycles. The minimum Gasteiger partial charge on any atom is -0.324 e. The van der Waals surface area contributed by atoms with Crippen molar-refractivity contribution in [3.8, 4) is 11.3 Å². The molecule has 2 amide bonds. The Labute approximate surface area is 175 Å². The number of benzene rings is 2. The molecule has 0 unspecified atom stereocenters. The molecular formula is C20H15Cl2FN4O2. The minimum absolute atomic E-state index is 0.0653. The predicted molar refractivity (Wildman–Crippen MR) is 110 cm³/mol. The largest absolute Gasteiger partial charge is 0.324 e. The molecule has 1 aliphatic heterocycles. The van der Waals surface area contributed by atoms with Gasteiger partial charge in [-0.15, -0.1) is 0 Å². The second-order valence-electron chi connectivity index (χ2n) is 6.66. The maximum Gasteiger partial charge on any atom is 0.249 e. The Morgan fingerprint density at radius 2 is 1.93 bits per heavy atom. The van der Waals surface area contributed by atoms with Gasteiger partial charge in [-0.05, 0) is 49.4 Å². The van der Waals surface area contributed by atoms with E-state index in [-0.39, 0.29) is 18.1 Å². The van der Waals surface area contributed by atoms with Gasteiger partial charge in [0.2, 0.25) is 11.8 Å². The standard InChI is InChI=1S/C20H15Cl2FN4O2/c1-10-18(11-2-4-12(23)5-3-11)26-27-16(9-17(28)25-19(10)27)20(29)24-13-6-7-14(21)15(22)8-13/h2-8,16H,9H2,1H3,(H,24,29)(H,25,28)/t16-/m1/s1. The van der Waals surface area contributed by atoms with Crippen LogP contribution in [0, 0.1) is 12.7 Å². The van der Waals surface area contributed by atoms with Crippen molar-refractivity contribution in [3.63, 3.8) is 0 Å². The van der Waals surface area contributed by atoms with Crippen molar-refractivity contribution in [2.75, 3.05) is 10.6 Å². The number of halogens is 3. The summed E-state index contributed by atoms with van der Waals surface area (Å²) in [4.78, 5) is 25.1. The number of hydrogen-bond donors (Lipinski definition) is 2. The molecule has 0 fully saturated rings. The highest BCUT2D eigenvalue weighted by Crippen LogP contribution is 2.35. The summed E-state index contributed by atoms with van der Waals surface area (Å²) in [5, 5.41) is 10.7. The number of aromatic nitrogens is 2. The van der Waals surface area contributed by atoms with Crippen molar-refractivity contribution in [3.05, 3.63) is 63.9 Å². The fraction of sp³-hybridized carbons (Fsp3) is 0.150. The van der Waals surface area contributed by atoms with Crippen molar-refractivity contribution in [1.29, 1.82) is 0 Å². The van der Waals surface area contributed by atoms with E-state index < -0.39 is 11.9 Å². The van der Waals surface area contributed by atoms with Crippen LogP contribution in [0.4, 0.5) is 15.9 Å². The summed E-state index contributed by atoms with van der Waals surface area (Å²) in [5.41, 5.74) is 2.40. The zero-order valence-corrected chi connectivity index (χ0v) is 16.7. The van der Waals surface area contributed by atoms with Gasteiger partial charge in [0, 0.05) is 16.8 Å². The summed E-state index contributed by atoms with van der Waals surface area (Å²) >= 11 is 11.9. The first kappa shape index (κ1) is 19.4. The van der Waals surface area contributed by atoms with E-state index in [2.05, 4.69) is 15.7 Å². The minimum atomic E-state index is -0.846. The smallest absolute Gasteiger partial charge is 0.249 e. The Bertz CT molecular complexity index is 1130. The van der Waals surface area contributed by atoms with E-state index in [4.69, 9.17) is 23.2 Å². The van der Waals surface area contributed by atoms with Crippen LogP contribution in [0.2, 0.25) is 10.0 Å². The normalized spacial score (nSPS) is 15.6. The molecule has 0 saturated carbocycles. The molecule has 2 N–H and O–H groups in total. The highest BCUT2D eigenvalue weighted by Gasteiger charge is 2.34. The fourth-order valence-corrected chi connectivity index (χ4v) is 3.52. The Balaban J connectivity index is 1.69. The van der Waals surface area contributed by atoms with E-state index >= 15 is 0 Å². The third kappa shape index (κ3) is 3.71. The van der Waals surface area contributed by atoms with Gasteiger partial charge in [0.05, 0.1) is 22.2 Å². The molecule has 6 nitrogen and oxygen atoms in total. The van der Waals surface area contributed by atoms with Gasteiger partial charge in [0.1, 0.15) is 17.7 Å². The molecule has 1 atom stereocenters. The Morgan fingerprint density at radius 3 is 2.62 bits per heavy atom. The average Bonchev–Trinajstić information content (AvgIpc) is 3.01. The molecular weight excluding hydrogens is 418 g/mol. The van der Waals surface area contributed by atoms with Gasteiger partial charge in [-0.1, -0.05) is 23.2 Å². The number of carbonyl (C=O) groups excluding carboxylic acids is 2. The van der Waals surface area contributed by atoms with Crippen LogP contribution in [0.25, 0.3) is 11.3 Å². The molecule has 0 saturated heterocycles. The fourth-order valence-electron chi connectivity index (χ4n) is 3.22. The first-order chi connectivity index (χ1) is 13.8. The van der Waals surface area contributed by atoms with Crippen LogP contribution in [0.15, 0.2) is 42.5 Å². The maximum atomic E-state index is 13.3. The third-order valence-electron chi connectivity index (χ3n) is 4.69. The number of nitrogens with zero attached hydrogens (tertiary/aromatic N) is 2. The van der Waals surface area contributed by atoms with E-state index in [0.717, 1.165) is 0 Å². The van der Waals surface area contributed by atoms with Crippen molar-refractivity contribution in [2.24, 2.45) is 0 Å². The van der Waals surface area contributed by atoms with E-state index in [9.17, 15) is 14.0 Å². The first-order valence-electron chi connectivity index (χ1n) is 8.74. The SMILES string of the molecule is Cc1c(-c2ccc(F)cc2)nn2c1NC(=O)C[C@@H]2C(=O)Nc1ccc(Cl)c(Cl)c1. The lowest BCUT2D eigenvalue weighted by atomic mass is 10.1. The Morgan fingerprint density at radius 1 is 1.21 bits per heavy atom. The molecule has 1 aliphatic rings. The van der Waals surface area contributed by atoms with Crippen LogP contribution in [0.1, 0.15) is 18.0 Å². The van der Waals surface area contributed by atoms with Crippen molar-refractivity contribution < 1.29 is 14.0 Å². The van der Waals surface area contributed by atoms with Gasteiger partial charge in [-0.2, -0.15) is 5.10 Å². The van der Waals surface area contributed by atoms with Crippen LogP contribution in [0.3, 0.4) is 0 Å². The van der Waals surface area contributed by atoms with Crippen molar-refractivity contribution in [1.82, 2.24) is 9.78 Å². The lowest BCUT2D eigenvalue weighted by Gasteiger charge is -2.24. The van der Waals surface area contributed by atoms with Gasteiger partial charge >= 0.3 is 0 Å². The second kappa shape index (κ2) is 7.50. The number of amides is 2. The molecule has 9 heteroatoms. The molecule has 0 bridgehead atoms. The summed E-state index contributed by atoms with van der Waals surface area (Å²) in [6.07, 6.45) is -0.0653. The summed E-state index contributed by atoms with van der Waals surface area (Å²) < 4.78 is 14.7. The van der Waals surface area contributed by atoms with Crippen molar-refractivity contribution in [2.45, 2.75) is 19.4 Å². The summed E-state index contributed by atoms with van der Waals surface area (Å²) in [5.74, 6) is -0.620. The monoisotopic (exact) mass is 432 g/mol. The van der Waals surface area contributed by atoms with Gasteiger partial charge < -0.3 is 10.6 Å². The van der Waals surface area contributed by atoms with Crippen LogP contribution >= 0.6 is 23.2 Å². The number of fused-ring (bicyclic) bond motifs is 1. The van der Waals surface area contributed by atoms with Crippen LogP contribution < -0.4 is 10.6 Å². The molecule has 2 aromatic carbocycles. The summed E-state index contributed by atoms with van der Waals surface area (Å²) in [7, 11) is 0. The van der Waals surface area contributed by atoms with Crippen LogP contribution in [0.5, 0.6) is 0 Å². The molecule has 0 spiro atoms. The molecule has 3 aromatic rings. The van der Waals surface area contributed by atoms with E-state index in [1.807, 2.05) is 0 Å².